The second-order valence-electron chi connectivity index (χ2n) is 5.34. The SMILES string of the molecule is CCNC(=NCC(C)N(CC)CC)NCCCn1cccn1. The molecule has 6 nitrogen and oxygen atoms in total. The Bertz CT molecular complexity index is 397. The number of nitrogens with one attached hydrogen (secondary N) is 2. The number of aryl methyl sites for hydroxylation is 1. The maximum absolute atomic E-state index is 4.70. The van der Waals surface area contributed by atoms with Gasteiger partial charge < -0.3 is 10.6 Å². The van der Waals surface area contributed by atoms with Crippen molar-refractivity contribution in [2.45, 2.75) is 46.7 Å². The van der Waals surface area contributed by atoms with Gasteiger partial charge in [-0.05, 0) is 39.4 Å². The van der Waals surface area contributed by atoms with E-state index in [1.165, 1.54) is 0 Å². The smallest absolute Gasteiger partial charge is 0.191 e. The molecular formula is C16H32N6. The summed E-state index contributed by atoms with van der Waals surface area (Å²) in [5.41, 5.74) is 0. The summed E-state index contributed by atoms with van der Waals surface area (Å²) in [4.78, 5) is 7.12. The van der Waals surface area contributed by atoms with Crippen LogP contribution in [0.1, 0.15) is 34.1 Å². The Kier molecular flexibility index (Phi) is 9.30. The predicted octanol–water partition coefficient (Wildman–Crippen LogP) is 1.56. The van der Waals surface area contributed by atoms with Crippen LogP contribution in [0.2, 0.25) is 0 Å². The lowest BCUT2D eigenvalue weighted by Crippen LogP contribution is -2.40. The van der Waals surface area contributed by atoms with Crippen LogP contribution in [-0.4, -0.2) is 59.4 Å². The van der Waals surface area contributed by atoms with Crippen molar-refractivity contribution in [2.75, 3.05) is 32.7 Å². The Morgan fingerprint density at radius 1 is 1.27 bits per heavy atom. The number of guanidine groups is 1. The van der Waals surface area contributed by atoms with E-state index in [0.29, 0.717) is 6.04 Å². The van der Waals surface area contributed by atoms with Crippen LogP contribution >= 0.6 is 0 Å². The molecule has 0 radical (unpaired) electrons. The maximum atomic E-state index is 4.70. The van der Waals surface area contributed by atoms with Gasteiger partial charge in [-0.15, -0.1) is 0 Å². The van der Waals surface area contributed by atoms with Gasteiger partial charge in [0, 0.05) is 38.1 Å². The molecule has 6 heteroatoms. The average Bonchev–Trinajstić information content (AvgIpc) is 3.03. The molecule has 0 aliphatic heterocycles. The highest BCUT2D eigenvalue weighted by atomic mass is 15.3. The molecule has 126 valence electrons. The van der Waals surface area contributed by atoms with Gasteiger partial charge in [-0.1, -0.05) is 13.8 Å². The van der Waals surface area contributed by atoms with Crippen LogP contribution < -0.4 is 10.6 Å². The fraction of sp³-hybridized carbons (Fsp3) is 0.750. The van der Waals surface area contributed by atoms with Gasteiger partial charge in [-0.2, -0.15) is 5.10 Å². The second kappa shape index (κ2) is 11.1. The standard InChI is InChI=1S/C16H32N6/c1-5-17-16(19-14-15(4)21(6-2)7-3)18-10-8-12-22-13-9-11-20-22/h9,11,13,15H,5-8,10,12,14H2,1-4H3,(H2,17,18,19). The first kappa shape index (κ1) is 18.5. The molecule has 2 N–H and O–H groups in total. The molecule has 1 unspecified atom stereocenters. The van der Waals surface area contributed by atoms with Crippen molar-refractivity contribution < 1.29 is 0 Å². The number of hydrogen-bond acceptors (Lipinski definition) is 3. The largest absolute Gasteiger partial charge is 0.357 e. The Labute approximate surface area is 135 Å². The fourth-order valence-corrected chi connectivity index (χ4v) is 2.41. The van der Waals surface area contributed by atoms with E-state index in [1.807, 2.05) is 23.1 Å². The number of aromatic nitrogens is 2. The molecule has 0 saturated carbocycles. The molecule has 0 aliphatic carbocycles. The molecule has 22 heavy (non-hydrogen) atoms. The molecule has 0 bridgehead atoms. The van der Waals surface area contributed by atoms with Crippen molar-refractivity contribution in [3.63, 3.8) is 0 Å². The van der Waals surface area contributed by atoms with E-state index < -0.39 is 0 Å². The van der Waals surface area contributed by atoms with Crippen LogP contribution in [0.3, 0.4) is 0 Å². The third-order valence-corrected chi connectivity index (χ3v) is 3.71. The van der Waals surface area contributed by atoms with E-state index in [4.69, 9.17) is 4.99 Å². The monoisotopic (exact) mass is 308 g/mol. The van der Waals surface area contributed by atoms with Crippen molar-refractivity contribution >= 4 is 5.96 Å². The van der Waals surface area contributed by atoms with Gasteiger partial charge in [0.25, 0.3) is 0 Å². The summed E-state index contributed by atoms with van der Waals surface area (Å²) in [5, 5.41) is 10.9. The van der Waals surface area contributed by atoms with Crippen molar-refractivity contribution in [3.05, 3.63) is 18.5 Å². The molecule has 0 saturated heterocycles. The zero-order valence-corrected chi connectivity index (χ0v) is 14.5. The van der Waals surface area contributed by atoms with E-state index in [1.54, 1.807) is 0 Å². The van der Waals surface area contributed by atoms with E-state index >= 15 is 0 Å². The van der Waals surface area contributed by atoms with Crippen LogP contribution in [0.4, 0.5) is 0 Å². The van der Waals surface area contributed by atoms with Gasteiger partial charge in [-0.25, -0.2) is 0 Å². The van der Waals surface area contributed by atoms with E-state index in [0.717, 1.165) is 51.6 Å². The molecular weight excluding hydrogens is 276 g/mol. The third kappa shape index (κ3) is 6.93. The topological polar surface area (TPSA) is 57.5 Å². The quantitative estimate of drug-likeness (QED) is 0.391. The first-order chi connectivity index (χ1) is 10.7. The van der Waals surface area contributed by atoms with Gasteiger partial charge in [0.05, 0.1) is 6.54 Å². The van der Waals surface area contributed by atoms with Gasteiger partial charge in [0.15, 0.2) is 5.96 Å². The van der Waals surface area contributed by atoms with Gasteiger partial charge in [0.1, 0.15) is 0 Å². The maximum Gasteiger partial charge on any atom is 0.191 e. The van der Waals surface area contributed by atoms with Crippen LogP contribution in [0.5, 0.6) is 0 Å². The Hall–Kier alpha value is -1.56. The van der Waals surface area contributed by atoms with Gasteiger partial charge in [0.2, 0.25) is 0 Å². The van der Waals surface area contributed by atoms with Gasteiger partial charge in [-0.3, -0.25) is 14.6 Å². The lowest BCUT2D eigenvalue weighted by atomic mass is 10.3. The fourth-order valence-electron chi connectivity index (χ4n) is 2.41. The number of nitrogens with zero attached hydrogens (tertiary/aromatic N) is 4. The summed E-state index contributed by atoms with van der Waals surface area (Å²) in [7, 11) is 0. The normalized spacial score (nSPS) is 13.4. The Morgan fingerprint density at radius 3 is 2.64 bits per heavy atom. The molecule has 1 aromatic heterocycles. The molecule has 1 atom stereocenters. The molecule has 0 amide bonds. The minimum absolute atomic E-state index is 0.467. The second-order valence-corrected chi connectivity index (χ2v) is 5.34. The Balaban J connectivity index is 2.34. The van der Waals surface area contributed by atoms with Gasteiger partial charge >= 0.3 is 0 Å². The number of aliphatic imine (C=N–C) groups is 1. The van der Waals surface area contributed by atoms with E-state index in [2.05, 4.69) is 48.3 Å². The molecule has 0 aliphatic rings. The van der Waals surface area contributed by atoms with Crippen LogP contribution in [0.25, 0.3) is 0 Å². The third-order valence-electron chi connectivity index (χ3n) is 3.71. The first-order valence-electron chi connectivity index (χ1n) is 8.44. The molecule has 1 heterocycles. The lowest BCUT2D eigenvalue weighted by molar-refractivity contribution is 0.237. The van der Waals surface area contributed by atoms with Crippen LogP contribution in [0, 0.1) is 0 Å². The summed E-state index contributed by atoms with van der Waals surface area (Å²) >= 11 is 0. The highest BCUT2D eigenvalue weighted by molar-refractivity contribution is 5.79. The molecule has 0 fully saturated rings. The minimum Gasteiger partial charge on any atom is -0.357 e. The number of rotatable bonds is 10. The Morgan fingerprint density at radius 2 is 2.05 bits per heavy atom. The zero-order chi connectivity index (χ0) is 16.2. The van der Waals surface area contributed by atoms with Crippen molar-refractivity contribution in [1.82, 2.24) is 25.3 Å². The van der Waals surface area contributed by atoms with Crippen molar-refractivity contribution in [2.24, 2.45) is 4.99 Å². The van der Waals surface area contributed by atoms with Crippen LogP contribution in [-0.2, 0) is 6.54 Å². The van der Waals surface area contributed by atoms with Crippen molar-refractivity contribution in [1.29, 1.82) is 0 Å². The highest BCUT2D eigenvalue weighted by Gasteiger charge is 2.09. The number of likely N-dealkylation sites (N-methyl/N-ethyl adjacent to an activating group) is 1. The first-order valence-corrected chi connectivity index (χ1v) is 8.44. The van der Waals surface area contributed by atoms with Crippen molar-refractivity contribution in [3.8, 4) is 0 Å². The lowest BCUT2D eigenvalue weighted by Gasteiger charge is -2.25. The average molecular weight is 308 g/mol. The summed E-state index contributed by atoms with van der Waals surface area (Å²) in [5.74, 6) is 0.905. The number of hydrogen-bond donors (Lipinski definition) is 2. The highest BCUT2D eigenvalue weighted by Crippen LogP contribution is 1.98. The zero-order valence-electron chi connectivity index (χ0n) is 14.5. The minimum atomic E-state index is 0.467. The van der Waals surface area contributed by atoms with E-state index in [9.17, 15) is 0 Å². The molecule has 0 aromatic carbocycles. The molecule has 0 spiro atoms. The molecule has 1 rings (SSSR count). The van der Waals surface area contributed by atoms with E-state index in [-0.39, 0.29) is 0 Å². The summed E-state index contributed by atoms with van der Waals surface area (Å²) in [6.07, 6.45) is 4.83. The van der Waals surface area contributed by atoms with Crippen LogP contribution in [0.15, 0.2) is 23.5 Å². The predicted molar refractivity (Wildman–Crippen MR) is 93.2 cm³/mol. The summed E-state index contributed by atoms with van der Waals surface area (Å²) < 4.78 is 1.95. The summed E-state index contributed by atoms with van der Waals surface area (Å²) in [6.45, 7) is 14.4. The summed E-state index contributed by atoms with van der Waals surface area (Å²) in [6, 6.07) is 2.42. The molecule has 1 aromatic rings.